The van der Waals surface area contributed by atoms with Gasteiger partial charge < -0.3 is 9.84 Å². The van der Waals surface area contributed by atoms with Gasteiger partial charge >= 0.3 is 18.3 Å². The summed E-state index contributed by atoms with van der Waals surface area (Å²) in [5, 5.41) is 9.52. The van der Waals surface area contributed by atoms with Crippen molar-refractivity contribution in [1.82, 2.24) is 0 Å². The predicted molar refractivity (Wildman–Crippen MR) is 98.0 cm³/mol. The van der Waals surface area contributed by atoms with Gasteiger partial charge in [-0.3, -0.25) is 4.79 Å². The van der Waals surface area contributed by atoms with E-state index in [0.717, 1.165) is 0 Å². The highest BCUT2D eigenvalue weighted by atomic mass is 19.4. The number of ether oxygens (including phenoxy) is 1. The van der Waals surface area contributed by atoms with Gasteiger partial charge in [0.1, 0.15) is 6.10 Å². The summed E-state index contributed by atoms with van der Waals surface area (Å²) in [7, 11) is 0. The molecule has 0 spiro atoms. The number of rotatable bonds is 6. The standard InChI is InChI=1S/C20H34F6O3/c1-12(2)13(10-18(28,19(21,22)23)20(24,25)26)29-14(27)17(9,16(6,7)8)11-15(3,4)5/h12-13,28H,10-11H2,1-9H3. The molecule has 2 unspecified atom stereocenters. The van der Waals surface area contributed by atoms with E-state index >= 15 is 0 Å². The van der Waals surface area contributed by atoms with Crippen LogP contribution in [0.2, 0.25) is 0 Å². The van der Waals surface area contributed by atoms with Crippen LogP contribution in [0.25, 0.3) is 0 Å². The third-order valence-electron chi connectivity index (χ3n) is 5.43. The largest absolute Gasteiger partial charge is 0.462 e. The summed E-state index contributed by atoms with van der Waals surface area (Å²) < 4.78 is 83.8. The summed E-state index contributed by atoms with van der Waals surface area (Å²) in [5.74, 6) is -1.76. The Kier molecular flexibility index (Phi) is 7.99. The lowest BCUT2D eigenvalue weighted by Gasteiger charge is -2.45. The number of carbonyl (C=O) groups excluding carboxylic acids is 1. The molecule has 0 aliphatic rings. The fraction of sp³-hybridized carbons (Fsp3) is 0.950. The van der Waals surface area contributed by atoms with Crippen molar-refractivity contribution in [3.05, 3.63) is 0 Å². The number of halogens is 6. The summed E-state index contributed by atoms with van der Waals surface area (Å²) in [5.41, 5.74) is -7.18. The SMILES string of the molecule is CC(C)C(CC(O)(C(F)(F)F)C(F)(F)F)OC(=O)C(C)(CC(C)(C)C)C(C)(C)C. The zero-order valence-corrected chi connectivity index (χ0v) is 18.6. The second kappa shape index (κ2) is 8.27. The van der Waals surface area contributed by atoms with E-state index in [1.165, 1.54) is 13.8 Å². The molecule has 174 valence electrons. The number of aliphatic hydroxyl groups is 1. The van der Waals surface area contributed by atoms with Crippen molar-refractivity contribution in [2.45, 2.75) is 99.2 Å². The molecule has 0 aliphatic carbocycles. The van der Waals surface area contributed by atoms with Gasteiger partial charge in [0, 0.05) is 6.42 Å². The van der Waals surface area contributed by atoms with Crippen molar-refractivity contribution in [2.75, 3.05) is 0 Å². The molecular weight excluding hydrogens is 402 g/mol. The van der Waals surface area contributed by atoms with Crippen LogP contribution in [-0.2, 0) is 9.53 Å². The molecule has 0 fully saturated rings. The number of hydrogen-bond acceptors (Lipinski definition) is 3. The summed E-state index contributed by atoms with van der Waals surface area (Å²) in [6.07, 6.45) is -15.2. The van der Waals surface area contributed by atoms with Crippen molar-refractivity contribution < 1.29 is 41.0 Å². The molecule has 0 aromatic heterocycles. The summed E-state index contributed by atoms with van der Waals surface area (Å²) >= 11 is 0. The molecule has 0 bridgehead atoms. The lowest BCUT2D eigenvalue weighted by molar-refractivity contribution is -0.375. The van der Waals surface area contributed by atoms with E-state index < -0.39 is 53.2 Å². The van der Waals surface area contributed by atoms with Crippen molar-refractivity contribution in [1.29, 1.82) is 0 Å². The van der Waals surface area contributed by atoms with E-state index in [9.17, 15) is 36.2 Å². The zero-order valence-electron chi connectivity index (χ0n) is 18.6. The number of esters is 1. The van der Waals surface area contributed by atoms with Crippen LogP contribution >= 0.6 is 0 Å². The Morgan fingerprint density at radius 2 is 1.24 bits per heavy atom. The maximum absolute atomic E-state index is 13.1. The number of alkyl halides is 6. The van der Waals surface area contributed by atoms with Gasteiger partial charge in [-0.05, 0) is 30.1 Å². The Morgan fingerprint density at radius 3 is 1.48 bits per heavy atom. The second-order valence-corrected chi connectivity index (χ2v) is 10.6. The molecule has 29 heavy (non-hydrogen) atoms. The quantitative estimate of drug-likeness (QED) is 0.393. The van der Waals surface area contributed by atoms with Crippen molar-refractivity contribution in [2.24, 2.45) is 22.2 Å². The maximum Gasteiger partial charge on any atom is 0.426 e. The molecule has 2 atom stereocenters. The van der Waals surface area contributed by atoms with Gasteiger partial charge in [0.25, 0.3) is 5.60 Å². The average molecular weight is 436 g/mol. The lowest BCUT2D eigenvalue weighted by Crippen LogP contribution is -2.59. The Morgan fingerprint density at radius 1 is 0.862 bits per heavy atom. The third-order valence-corrected chi connectivity index (χ3v) is 5.43. The molecule has 0 saturated carbocycles. The first-order valence-electron chi connectivity index (χ1n) is 9.46. The molecule has 0 heterocycles. The fourth-order valence-corrected chi connectivity index (χ4v) is 3.07. The highest BCUT2D eigenvalue weighted by Gasteiger charge is 2.71. The van der Waals surface area contributed by atoms with Gasteiger partial charge in [0.15, 0.2) is 0 Å². The first-order chi connectivity index (χ1) is 12.4. The Bertz CT molecular complexity index is 553. The maximum atomic E-state index is 13.1. The molecule has 0 aliphatic heterocycles. The van der Waals surface area contributed by atoms with E-state index in [1.807, 2.05) is 20.8 Å². The van der Waals surface area contributed by atoms with Gasteiger partial charge in [0.05, 0.1) is 5.41 Å². The topological polar surface area (TPSA) is 46.5 Å². The van der Waals surface area contributed by atoms with Crippen LogP contribution in [0.4, 0.5) is 26.3 Å². The molecule has 0 radical (unpaired) electrons. The van der Waals surface area contributed by atoms with Crippen LogP contribution in [0.15, 0.2) is 0 Å². The Labute approximate surface area is 169 Å². The van der Waals surface area contributed by atoms with E-state index in [-0.39, 0.29) is 5.41 Å². The van der Waals surface area contributed by atoms with Crippen LogP contribution in [0.3, 0.4) is 0 Å². The van der Waals surface area contributed by atoms with Gasteiger partial charge in [-0.25, -0.2) is 0 Å². The second-order valence-electron chi connectivity index (χ2n) is 10.6. The molecular formula is C20H34F6O3. The van der Waals surface area contributed by atoms with Crippen LogP contribution in [0, 0.1) is 22.2 Å². The average Bonchev–Trinajstić information content (AvgIpc) is 2.40. The molecule has 0 amide bonds. The van der Waals surface area contributed by atoms with Crippen LogP contribution in [-0.4, -0.2) is 35.1 Å². The van der Waals surface area contributed by atoms with Gasteiger partial charge in [-0.15, -0.1) is 0 Å². The van der Waals surface area contributed by atoms with Crippen molar-refractivity contribution in [3.63, 3.8) is 0 Å². The van der Waals surface area contributed by atoms with E-state index in [0.29, 0.717) is 6.42 Å². The monoisotopic (exact) mass is 436 g/mol. The summed E-state index contributed by atoms with van der Waals surface area (Å²) in [6, 6.07) is 0. The third kappa shape index (κ3) is 6.49. The van der Waals surface area contributed by atoms with Crippen molar-refractivity contribution in [3.8, 4) is 0 Å². The minimum Gasteiger partial charge on any atom is -0.462 e. The minimum absolute atomic E-state index is 0.302. The molecule has 3 nitrogen and oxygen atoms in total. The van der Waals surface area contributed by atoms with Crippen LogP contribution < -0.4 is 0 Å². The van der Waals surface area contributed by atoms with Gasteiger partial charge in [0.2, 0.25) is 0 Å². The molecule has 0 saturated heterocycles. The van der Waals surface area contributed by atoms with Crippen LogP contribution in [0.1, 0.15) is 75.2 Å². The summed E-state index contributed by atoms with van der Waals surface area (Å²) in [4.78, 5) is 13.0. The highest BCUT2D eigenvalue weighted by Crippen LogP contribution is 2.50. The first-order valence-corrected chi connectivity index (χ1v) is 9.46. The Balaban J connectivity index is 6.04. The predicted octanol–water partition coefficient (Wildman–Crippen LogP) is 6.29. The molecule has 0 aromatic rings. The minimum atomic E-state index is -5.97. The van der Waals surface area contributed by atoms with Crippen molar-refractivity contribution >= 4 is 5.97 Å². The molecule has 0 rings (SSSR count). The number of carbonyl (C=O) groups is 1. The van der Waals surface area contributed by atoms with Crippen LogP contribution in [0.5, 0.6) is 0 Å². The lowest BCUT2D eigenvalue weighted by atomic mass is 9.61. The van der Waals surface area contributed by atoms with Gasteiger partial charge in [-0.1, -0.05) is 55.4 Å². The molecule has 1 N–H and O–H groups in total. The summed E-state index contributed by atoms with van der Waals surface area (Å²) in [6.45, 7) is 15.2. The van der Waals surface area contributed by atoms with E-state index in [4.69, 9.17) is 4.74 Å². The number of hydrogen-bond donors (Lipinski definition) is 1. The fourth-order valence-electron chi connectivity index (χ4n) is 3.07. The first kappa shape index (κ1) is 28.0. The zero-order chi connectivity index (χ0) is 23.9. The molecule has 0 aromatic carbocycles. The smallest absolute Gasteiger partial charge is 0.426 e. The van der Waals surface area contributed by atoms with E-state index in [1.54, 1.807) is 27.7 Å². The normalized spacial score (nSPS) is 17.8. The molecule has 9 heteroatoms. The Hall–Kier alpha value is -0.990. The van der Waals surface area contributed by atoms with E-state index in [2.05, 4.69) is 0 Å². The highest BCUT2D eigenvalue weighted by molar-refractivity contribution is 5.77. The van der Waals surface area contributed by atoms with Gasteiger partial charge in [-0.2, -0.15) is 26.3 Å².